The molecule has 0 aromatic carbocycles. The average Bonchev–Trinajstić information content (AvgIpc) is 3.44. The maximum absolute atomic E-state index is 12.9. The van der Waals surface area contributed by atoms with Gasteiger partial charge in [0.2, 0.25) is 0 Å². The Bertz CT molecular complexity index is 1760. The molecule has 0 aliphatic heterocycles. The van der Waals surface area contributed by atoms with Crippen molar-refractivity contribution in [1.82, 2.24) is 0 Å². The third kappa shape index (κ3) is 61.9. The van der Waals surface area contributed by atoms with Crippen molar-refractivity contribution in [3.63, 3.8) is 0 Å². The van der Waals surface area contributed by atoms with Crippen LogP contribution in [0.5, 0.6) is 0 Å². The van der Waals surface area contributed by atoms with E-state index in [-0.39, 0.29) is 31.6 Å². The standard InChI is InChI=1S/C72H114O6/c1-4-7-10-13-16-19-22-25-28-31-33-34-35-36-37-38-40-41-44-47-50-53-56-59-62-65-71(74)77-68-69(67-76-70(73)64-61-58-55-52-49-46-43-30-27-24-21-18-15-12-9-6-3)78-72(75)66-63-60-57-54-51-48-45-42-39-32-29-26-23-20-17-14-11-8-5-2/h7-8,10-11,16-17,19-20,25-26,28-30,33-34,36-37,39-43,48,51,57,60,69H,4-6,9,12-15,18,21-24,27,31-32,35,38,44-47,49-50,52-56,58-59,61-68H2,1-3H3/b10-7-,11-8-,19-16-,20-17-,28-25-,29-26-,34-33-,37-36-,41-40-,42-39-,43-30-,51-48-,60-57-. The van der Waals surface area contributed by atoms with Gasteiger partial charge in [0.05, 0.1) is 0 Å². The fraction of sp³-hybridized carbons (Fsp3) is 0.597. The van der Waals surface area contributed by atoms with Crippen molar-refractivity contribution in [3.05, 3.63) is 158 Å². The summed E-state index contributed by atoms with van der Waals surface area (Å²) in [6.07, 6.45) is 93.9. The minimum Gasteiger partial charge on any atom is -0.462 e. The molecule has 0 aromatic rings. The maximum Gasteiger partial charge on any atom is 0.306 e. The van der Waals surface area contributed by atoms with Gasteiger partial charge in [0.15, 0.2) is 6.10 Å². The first-order valence-electron chi connectivity index (χ1n) is 31.5. The van der Waals surface area contributed by atoms with Gasteiger partial charge in [-0.15, -0.1) is 0 Å². The Balaban J connectivity index is 4.54. The molecule has 0 rings (SSSR count). The monoisotopic (exact) mass is 1070 g/mol. The molecule has 1 atom stereocenters. The number of ether oxygens (including phenoxy) is 3. The smallest absolute Gasteiger partial charge is 0.306 e. The van der Waals surface area contributed by atoms with Crippen LogP contribution in [0.25, 0.3) is 0 Å². The Hall–Kier alpha value is -4.97. The van der Waals surface area contributed by atoms with Crippen LogP contribution in [-0.2, 0) is 28.6 Å². The average molecular weight is 1080 g/mol. The molecular weight excluding hydrogens is 961 g/mol. The molecule has 0 saturated carbocycles. The molecule has 0 saturated heterocycles. The van der Waals surface area contributed by atoms with E-state index in [1.165, 1.54) is 70.6 Å². The van der Waals surface area contributed by atoms with Crippen molar-refractivity contribution in [1.29, 1.82) is 0 Å². The molecule has 78 heavy (non-hydrogen) atoms. The molecule has 0 heterocycles. The summed E-state index contributed by atoms with van der Waals surface area (Å²) in [4.78, 5) is 38.3. The molecule has 0 fully saturated rings. The third-order valence-corrected chi connectivity index (χ3v) is 12.8. The van der Waals surface area contributed by atoms with Crippen LogP contribution >= 0.6 is 0 Å². The molecule has 0 aromatic heterocycles. The van der Waals surface area contributed by atoms with Gasteiger partial charge in [0.1, 0.15) is 13.2 Å². The van der Waals surface area contributed by atoms with Crippen molar-refractivity contribution >= 4 is 17.9 Å². The summed E-state index contributed by atoms with van der Waals surface area (Å²) in [5, 5.41) is 0. The molecule has 0 amide bonds. The Labute approximate surface area is 480 Å². The van der Waals surface area contributed by atoms with Gasteiger partial charge in [-0.2, -0.15) is 0 Å². The van der Waals surface area contributed by atoms with E-state index in [0.717, 1.165) is 141 Å². The molecule has 1 unspecified atom stereocenters. The van der Waals surface area contributed by atoms with E-state index in [1.807, 2.05) is 12.2 Å². The number of hydrogen-bond acceptors (Lipinski definition) is 6. The lowest BCUT2D eigenvalue weighted by Gasteiger charge is -2.18. The fourth-order valence-corrected chi connectivity index (χ4v) is 8.11. The number of carbonyl (C=O) groups excluding carboxylic acids is 3. The highest BCUT2D eigenvalue weighted by atomic mass is 16.6. The van der Waals surface area contributed by atoms with Crippen LogP contribution < -0.4 is 0 Å². The Morgan fingerprint density at radius 1 is 0.269 bits per heavy atom. The first-order valence-corrected chi connectivity index (χ1v) is 31.5. The number of hydrogen-bond donors (Lipinski definition) is 0. The Kier molecular flexibility index (Phi) is 60.4. The molecule has 0 radical (unpaired) electrons. The second-order valence-corrected chi connectivity index (χ2v) is 20.2. The van der Waals surface area contributed by atoms with E-state index in [1.54, 1.807) is 0 Å². The minimum atomic E-state index is -0.837. The number of esters is 3. The van der Waals surface area contributed by atoms with Crippen LogP contribution in [0.1, 0.15) is 258 Å². The molecule has 0 aliphatic carbocycles. The number of carbonyl (C=O) groups is 3. The summed E-state index contributed by atoms with van der Waals surface area (Å²) in [6.45, 7) is 6.33. The summed E-state index contributed by atoms with van der Waals surface area (Å²) in [5.41, 5.74) is 0. The van der Waals surface area contributed by atoms with E-state index >= 15 is 0 Å². The lowest BCUT2D eigenvalue weighted by Crippen LogP contribution is -2.30. The first-order chi connectivity index (χ1) is 38.5. The Morgan fingerprint density at radius 3 is 0.846 bits per heavy atom. The zero-order chi connectivity index (χ0) is 56.4. The zero-order valence-corrected chi connectivity index (χ0v) is 50.1. The topological polar surface area (TPSA) is 78.9 Å². The van der Waals surface area contributed by atoms with Gasteiger partial charge < -0.3 is 14.2 Å². The fourth-order valence-electron chi connectivity index (χ4n) is 8.11. The van der Waals surface area contributed by atoms with E-state index in [2.05, 4.69) is 167 Å². The highest BCUT2D eigenvalue weighted by Crippen LogP contribution is 2.13. The third-order valence-electron chi connectivity index (χ3n) is 12.8. The minimum absolute atomic E-state index is 0.123. The molecule has 0 spiro atoms. The second kappa shape index (κ2) is 64.6. The molecule has 6 heteroatoms. The predicted molar refractivity (Wildman–Crippen MR) is 338 cm³/mol. The molecule has 0 bridgehead atoms. The van der Waals surface area contributed by atoms with Crippen molar-refractivity contribution in [2.45, 2.75) is 264 Å². The van der Waals surface area contributed by atoms with Gasteiger partial charge in [-0.3, -0.25) is 14.4 Å². The van der Waals surface area contributed by atoms with Crippen molar-refractivity contribution < 1.29 is 28.6 Å². The van der Waals surface area contributed by atoms with Gasteiger partial charge in [0, 0.05) is 19.3 Å². The first kappa shape index (κ1) is 73.0. The SMILES string of the molecule is CC/C=C\C/C=C\C/C=C\C/C=C\C/C=C\C/C=C\CCCCCCCCC(=O)OCC(COC(=O)CCCCCCC/C=C\CCCCCCCCC)OC(=O)CC/C=C\C/C=C\C/C=C\C/C=C\C/C=C\C/C=C\CC. The lowest BCUT2D eigenvalue weighted by molar-refractivity contribution is -0.166. The molecule has 0 N–H and O–H groups in total. The van der Waals surface area contributed by atoms with Crippen molar-refractivity contribution in [3.8, 4) is 0 Å². The van der Waals surface area contributed by atoms with E-state index < -0.39 is 12.1 Å². The van der Waals surface area contributed by atoms with Crippen LogP contribution in [0, 0.1) is 0 Å². The molecular formula is C72H114O6. The summed E-state index contributed by atoms with van der Waals surface area (Å²) in [6, 6.07) is 0. The zero-order valence-electron chi connectivity index (χ0n) is 50.1. The van der Waals surface area contributed by atoms with Gasteiger partial charge in [-0.1, -0.05) is 262 Å². The summed E-state index contributed by atoms with van der Waals surface area (Å²) in [7, 11) is 0. The summed E-state index contributed by atoms with van der Waals surface area (Å²) in [5.74, 6) is -1.03. The van der Waals surface area contributed by atoms with E-state index in [4.69, 9.17) is 14.2 Å². The van der Waals surface area contributed by atoms with Crippen LogP contribution in [0.4, 0.5) is 0 Å². The van der Waals surface area contributed by atoms with E-state index in [0.29, 0.717) is 19.3 Å². The molecule has 0 aliphatic rings. The number of unbranched alkanes of at least 4 members (excludes halogenated alkanes) is 18. The molecule has 6 nitrogen and oxygen atoms in total. The normalized spacial score (nSPS) is 13.2. The van der Waals surface area contributed by atoms with Crippen LogP contribution in [0.15, 0.2) is 158 Å². The number of allylic oxidation sites excluding steroid dienone is 26. The summed E-state index contributed by atoms with van der Waals surface area (Å²) < 4.78 is 16.8. The lowest BCUT2D eigenvalue weighted by atomic mass is 10.1. The quantitative estimate of drug-likeness (QED) is 0.0261. The van der Waals surface area contributed by atoms with Gasteiger partial charge >= 0.3 is 17.9 Å². The Morgan fingerprint density at radius 2 is 0.526 bits per heavy atom. The highest BCUT2D eigenvalue weighted by Gasteiger charge is 2.19. The summed E-state index contributed by atoms with van der Waals surface area (Å²) >= 11 is 0. The maximum atomic E-state index is 12.9. The van der Waals surface area contributed by atoms with E-state index in [9.17, 15) is 14.4 Å². The highest BCUT2D eigenvalue weighted by molar-refractivity contribution is 5.71. The van der Waals surface area contributed by atoms with Gasteiger partial charge in [0.25, 0.3) is 0 Å². The van der Waals surface area contributed by atoms with Crippen molar-refractivity contribution in [2.24, 2.45) is 0 Å². The van der Waals surface area contributed by atoms with Gasteiger partial charge in [-0.25, -0.2) is 0 Å². The largest absolute Gasteiger partial charge is 0.462 e. The van der Waals surface area contributed by atoms with Crippen LogP contribution in [0.3, 0.4) is 0 Å². The van der Waals surface area contributed by atoms with Crippen molar-refractivity contribution in [2.75, 3.05) is 13.2 Å². The molecule has 438 valence electrons. The van der Waals surface area contributed by atoms with Gasteiger partial charge in [-0.05, 0) is 135 Å². The van der Waals surface area contributed by atoms with Crippen LogP contribution in [0.2, 0.25) is 0 Å². The number of rotatable bonds is 55. The van der Waals surface area contributed by atoms with Crippen LogP contribution in [-0.4, -0.2) is 37.2 Å². The predicted octanol–water partition coefficient (Wildman–Crippen LogP) is 21.7. The second-order valence-electron chi connectivity index (χ2n) is 20.2.